The highest BCUT2D eigenvalue weighted by Crippen LogP contribution is 2.26. The van der Waals surface area contributed by atoms with Crippen LogP contribution in [0.5, 0.6) is 0 Å². The van der Waals surface area contributed by atoms with Crippen molar-refractivity contribution in [3.05, 3.63) is 63.9 Å². The maximum Gasteiger partial charge on any atom is 0.348 e. The molecule has 1 fully saturated rings. The van der Waals surface area contributed by atoms with Gasteiger partial charge in [0.1, 0.15) is 4.88 Å². The summed E-state index contributed by atoms with van der Waals surface area (Å²) in [6, 6.07) is 14.3. The lowest BCUT2D eigenvalue weighted by Gasteiger charge is -2.26. The molecule has 0 unspecified atom stereocenters. The molecule has 0 spiro atoms. The normalized spacial score (nSPS) is 18.1. The summed E-state index contributed by atoms with van der Waals surface area (Å²) in [5.41, 5.74) is 1.34. The first-order chi connectivity index (χ1) is 16.0. The molecule has 1 aliphatic heterocycles. The number of nitrogens with zero attached hydrogens (tertiary/aromatic N) is 1. The molecule has 1 aromatic carbocycles. The van der Waals surface area contributed by atoms with Crippen LogP contribution in [0.2, 0.25) is 0 Å². The van der Waals surface area contributed by atoms with Crippen molar-refractivity contribution in [2.45, 2.75) is 64.0 Å². The molecule has 0 bridgehead atoms. The Morgan fingerprint density at radius 2 is 2.03 bits per heavy atom. The number of likely N-dealkylation sites (tertiary alicyclic amines) is 1. The highest BCUT2D eigenvalue weighted by atomic mass is 32.1. The Bertz CT molecular complexity index is 923. The number of amides is 1. The molecule has 33 heavy (non-hydrogen) atoms. The standard InChI is InChI=1S/C27H35NO4S/c1-20(8-6-11-21-9-4-3-5-10-21)24(29)16-13-22-14-18-26(30)28(22)19-7-12-23-15-17-25(33-23)27(31)32-2/h3-5,7,9-10,12,15,17,20,22,24,29H,6,8,11,13-14,16,18-19H2,1-2H3/t20-,22-,24+/m0/s1. The van der Waals surface area contributed by atoms with Crippen LogP contribution in [0.15, 0.2) is 48.5 Å². The number of hydrogen-bond donors (Lipinski definition) is 1. The molecule has 0 saturated carbocycles. The van der Waals surface area contributed by atoms with Crippen LogP contribution in [-0.2, 0) is 16.0 Å². The number of rotatable bonds is 12. The summed E-state index contributed by atoms with van der Waals surface area (Å²) in [5.74, 6) is 0.0979. The third kappa shape index (κ3) is 7.54. The Morgan fingerprint density at radius 3 is 2.79 bits per heavy atom. The van der Waals surface area contributed by atoms with Gasteiger partial charge in [0.2, 0.25) is 5.91 Å². The summed E-state index contributed by atoms with van der Waals surface area (Å²) in [5, 5.41) is 10.7. The van der Waals surface area contributed by atoms with E-state index in [2.05, 4.69) is 31.2 Å². The smallest absolute Gasteiger partial charge is 0.348 e. The van der Waals surface area contributed by atoms with Gasteiger partial charge in [0.15, 0.2) is 0 Å². The summed E-state index contributed by atoms with van der Waals surface area (Å²) in [7, 11) is 1.37. The van der Waals surface area contributed by atoms with Gasteiger partial charge in [0.25, 0.3) is 0 Å². The Labute approximate surface area is 201 Å². The summed E-state index contributed by atoms with van der Waals surface area (Å²) in [6.07, 6.45) is 9.68. The Kier molecular flexibility index (Phi) is 9.70. The van der Waals surface area contributed by atoms with Crippen LogP contribution in [0.4, 0.5) is 0 Å². The zero-order chi connectivity index (χ0) is 23.6. The van der Waals surface area contributed by atoms with E-state index in [1.165, 1.54) is 24.0 Å². The fourth-order valence-electron chi connectivity index (χ4n) is 4.39. The zero-order valence-corrected chi connectivity index (χ0v) is 20.4. The van der Waals surface area contributed by atoms with Gasteiger partial charge in [-0.25, -0.2) is 4.79 Å². The maximum atomic E-state index is 12.4. The Balaban J connectivity index is 1.42. The number of aliphatic hydroxyl groups is 1. The minimum absolute atomic E-state index is 0.177. The average molecular weight is 470 g/mol. The molecule has 0 radical (unpaired) electrons. The Hall–Kier alpha value is -2.44. The lowest BCUT2D eigenvalue weighted by atomic mass is 9.92. The molecule has 1 amide bonds. The second-order valence-corrected chi connectivity index (χ2v) is 9.95. The number of benzene rings is 1. The van der Waals surface area contributed by atoms with Crippen LogP contribution in [-0.4, -0.2) is 47.7 Å². The summed E-state index contributed by atoms with van der Waals surface area (Å²) >= 11 is 1.37. The first-order valence-corrected chi connectivity index (χ1v) is 12.7. The number of carbonyl (C=O) groups excluding carboxylic acids is 2. The number of aliphatic hydroxyl groups excluding tert-OH is 1. The van der Waals surface area contributed by atoms with Crippen LogP contribution < -0.4 is 0 Å². The topological polar surface area (TPSA) is 66.8 Å². The molecule has 3 atom stereocenters. The van der Waals surface area contributed by atoms with Gasteiger partial charge in [0.05, 0.1) is 13.2 Å². The van der Waals surface area contributed by atoms with Crippen LogP contribution in [0.1, 0.15) is 65.6 Å². The second kappa shape index (κ2) is 12.7. The minimum atomic E-state index is -0.336. The van der Waals surface area contributed by atoms with E-state index in [-0.39, 0.29) is 29.9 Å². The minimum Gasteiger partial charge on any atom is -0.465 e. The van der Waals surface area contributed by atoms with Crippen molar-refractivity contribution in [2.75, 3.05) is 13.7 Å². The first-order valence-electron chi connectivity index (χ1n) is 11.8. The van der Waals surface area contributed by atoms with Crippen LogP contribution in [0.25, 0.3) is 6.08 Å². The van der Waals surface area contributed by atoms with Crippen molar-refractivity contribution in [1.29, 1.82) is 0 Å². The molecule has 5 nitrogen and oxygen atoms in total. The first kappa shape index (κ1) is 25.2. The third-order valence-electron chi connectivity index (χ3n) is 6.47. The van der Waals surface area contributed by atoms with E-state index in [4.69, 9.17) is 4.74 Å². The van der Waals surface area contributed by atoms with Gasteiger partial charge in [-0.05, 0) is 68.2 Å². The highest BCUT2D eigenvalue weighted by Gasteiger charge is 2.30. The van der Waals surface area contributed by atoms with Crippen molar-refractivity contribution < 1.29 is 19.4 Å². The van der Waals surface area contributed by atoms with Gasteiger partial charge >= 0.3 is 5.97 Å². The van der Waals surface area contributed by atoms with E-state index < -0.39 is 0 Å². The van der Waals surface area contributed by atoms with Crippen LogP contribution in [0.3, 0.4) is 0 Å². The third-order valence-corrected chi connectivity index (χ3v) is 7.50. The van der Waals surface area contributed by atoms with Crippen molar-refractivity contribution in [2.24, 2.45) is 5.92 Å². The van der Waals surface area contributed by atoms with Crippen LogP contribution in [0, 0.1) is 5.92 Å². The van der Waals surface area contributed by atoms with Crippen LogP contribution >= 0.6 is 11.3 Å². The fraction of sp³-hybridized carbons (Fsp3) is 0.481. The van der Waals surface area contributed by atoms with Crippen molar-refractivity contribution in [3.8, 4) is 0 Å². The molecule has 0 aliphatic carbocycles. The van der Waals surface area contributed by atoms with Gasteiger partial charge in [-0.1, -0.05) is 43.3 Å². The van der Waals surface area contributed by atoms with Gasteiger partial charge in [-0.2, -0.15) is 0 Å². The molecule has 1 saturated heterocycles. The lowest BCUT2D eigenvalue weighted by Crippen LogP contribution is -2.34. The number of thiophene rings is 1. The van der Waals surface area contributed by atoms with Gasteiger partial charge in [0, 0.05) is 23.9 Å². The van der Waals surface area contributed by atoms with Crippen molar-refractivity contribution in [3.63, 3.8) is 0 Å². The van der Waals surface area contributed by atoms with Crippen molar-refractivity contribution >= 4 is 29.3 Å². The molecule has 1 aliphatic rings. The second-order valence-electron chi connectivity index (χ2n) is 8.83. The van der Waals surface area contributed by atoms with E-state index in [1.807, 2.05) is 29.2 Å². The van der Waals surface area contributed by atoms with Gasteiger partial charge in [-0.3, -0.25) is 4.79 Å². The molecular formula is C27H35NO4S. The lowest BCUT2D eigenvalue weighted by molar-refractivity contribution is -0.128. The largest absolute Gasteiger partial charge is 0.465 e. The van der Waals surface area contributed by atoms with E-state index in [9.17, 15) is 14.7 Å². The Morgan fingerprint density at radius 1 is 1.24 bits per heavy atom. The van der Waals surface area contributed by atoms with Crippen molar-refractivity contribution in [1.82, 2.24) is 4.90 Å². The molecule has 178 valence electrons. The molecular weight excluding hydrogens is 434 g/mol. The molecule has 1 N–H and O–H groups in total. The average Bonchev–Trinajstić information content (AvgIpc) is 3.44. The predicted molar refractivity (Wildman–Crippen MR) is 133 cm³/mol. The van der Waals surface area contributed by atoms with E-state index in [0.717, 1.165) is 43.4 Å². The van der Waals surface area contributed by atoms with E-state index >= 15 is 0 Å². The van der Waals surface area contributed by atoms with Gasteiger partial charge in [-0.15, -0.1) is 11.3 Å². The highest BCUT2D eigenvalue weighted by molar-refractivity contribution is 7.14. The monoisotopic (exact) mass is 469 g/mol. The summed E-state index contributed by atoms with van der Waals surface area (Å²) in [6.45, 7) is 2.68. The fourth-order valence-corrected chi connectivity index (χ4v) is 5.25. The number of aryl methyl sites for hydroxylation is 1. The van der Waals surface area contributed by atoms with Gasteiger partial charge < -0.3 is 14.7 Å². The molecule has 1 aromatic heterocycles. The summed E-state index contributed by atoms with van der Waals surface area (Å²) in [4.78, 5) is 27.4. The quantitative estimate of drug-likeness (QED) is 0.426. The SMILES string of the molecule is COC(=O)c1ccc(C=CCN2C(=O)CC[C@@H]2CC[C@@H](O)[C@@H](C)CCCc2ccccc2)s1. The summed E-state index contributed by atoms with van der Waals surface area (Å²) < 4.78 is 4.74. The number of methoxy groups -OCH3 is 1. The van der Waals surface area contributed by atoms with E-state index in [1.54, 1.807) is 6.07 Å². The molecule has 6 heteroatoms. The zero-order valence-electron chi connectivity index (χ0n) is 19.6. The number of ether oxygens (including phenoxy) is 1. The maximum absolute atomic E-state index is 12.4. The predicted octanol–water partition coefficient (Wildman–Crippen LogP) is 5.34. The molecule has 2 heterocycles. The van der Waals surface area contributed by atoms with E-state index in [0.29, 0.717) is 17.8 Å². The number of carbonyl (C=O) groups is 2. The molecule has 3 rings (SSSR count). The molecule has 2 aromatic rings. The number of hydrogen-bond acceptors (Lipinski definition) is 5. The number of esters is 1.